The minimum absolute atomic E-state index is 0.116. The predicted molar refractivity (Wildman–Crippen MR) is 252 cm³/mol. The molecule has 0 spiro atoms. The molecule has 3 unspecified atom stereocenters. The van der Waals surface area contributed by atoms with E-state index in [4.69, 9.17) is 19.4 Å². The number of rotatable bonds is 14. The molecule has 2 saturated heterocycles. The Morgan fingerprint density at radius 3 is 1.92 bits per heavy atom. The maximum absolute atomic E-state index is 14.4. The predicted octanol–water partition coefficient (Wildman–Crippen LogP) is 7.68. The number of alkyl carbamates (subject to hydrolysis) is 2. The Balaban J connectivity index is 1.07. The van der Waals surface area contributed by atoms with E-state index in [0.29, 0.717) is 30.8 Å². The van der Waals surface area contributed by atoms with Crippen LogP contribution in [0.15, 0.2) is 60.8 Å². The number of likely N-dealkylation sites (tertiary alicyclic amines) is 2. The highest BCUT2D eigenvalue weighted by atomic mass is 28.3. The fourth-order valence-electron chi connectivity index (χ4n) is 9.16. The van der Waals surface area contributed by atoms with Gasteiger partial charge < -0.3 is 45.2 Å². The van der Waals surface area contributed by atoms with Crippen molar-refractivity contribution in [3.05, 3.63) is 72.4 Å². The van der Waals surface area contributed by atoms with E-state index in [-0.39, 0.29) is 35.7 Å². The minimum atomic E-state index is -1.85. The quantitative estimate of drug-likeness (QED) is 0.0693. The highest BCUT2D eigenvalue weighted by Gasteiger charge is 2.40. The van der Waals surface area contributed by atoms with Gasteiger partial charge in [-0.1, -0.05) is 89.8 Å². The maximum atomic E-state index is 14.4. The third-order valence-corrected chi connectivity index (χ3v) is 14.2. The van der Waals surface area contributed by atoms with Gasteiger partial charge in [0.1, 0.15) is 29.8 Å². The molecule has 0 bridgehead atoms. The fraction of sp³-hybridized carbons (Fsp3) is 0.479. The summed E-state index contributed by atoms with van der Waals surface area (Å²) in [5.74, 6) is 0.390. The first kappa shape index (κ1) is 46.8. The number of aromatic nitrogens is 4. The molecule has 3 aromatic carbocycles. The fourth-order valence-corrected chi connectivity index (χ4v) is 10.7. The van der Waals surface area contributed by atoms with Crippen LogP contribution < -0.4 is 16.0 Å². The number of benzene rings is 3. The zero-order valence-electron chi connectivity index (χ0n) is 38.9. The van der Waals surface area contributed by atoms with Gasteiger partial charge >= 0.3 is 12.2 Å². The number of amides is 5. The topological polar surface area (TPSA) is 204 Å². The number of imidazole rings is 2. The van der Waals surface area contributed by atoms with Gasteiger partial charge in [-0.2, -0.15) is 0 Å². The van der Waals surface area contributed by atoms with Crippen LogP contribution >= 0.6 is 0 Å². The lowest BCUT2D eigenvalue weighted by Crippen LogP contribution is -2.57. The van der Waals surface area contributed by atoms with Crippen molar-refractivity contribution in [3.8, 4) is 22.4 Å². The number of aromatic amines is 2. The molecule has 2 aromatic heterocycles. The first-order valence-corrected chi connectivity index (χ1v) is 26.4. The summed E-state index contributed by atoms with van der Waals surface area (Å²) in [6.45, 7) is 15.1. The maximum Gasteiger partial charge on any atom is 0.407 e. The molecule has 0 radical (unpaired) electrons. The number of methoxy groups -OCH3 is 2. The molecule has 2 aliphatic heterocycles. The van der Waals surface area contributed by atoms with Gasteiger partial charge in [0.05, 0.1) is 49.2 Å². The number of fused-ring (bicyclic) bond motifs is 3. The van der Waals surface area contributed by atoms with E-state index in [1.807, 2.05) is 38.7 Å². The summed E-state index contributed by atoms with van der Waals surface area (Å²) in [7, 11) is 0.691. The number of nitrogens with zero attached hydrogens (tertiary/aromatic N) is 4. The Morgan fingerprint density at radius 2 is 1.31 bits per heavy atom. The monoisotopic (exact) mass is 905 g/mol. The molecule has 2 aliphatic rings. The zero-order valence-corrected chi connectivity index (χ0v) is 39.9. The first-order chi connectivity index (χ1) is 31.0. The summed E-state index contributed by atoms with van der Waals surface area (Å²) in [5.41, 5.74) is 5.62. The van der Waals surface area contributed by atoms with Crippen molar-refractivity contribution in [2.75, 3.05) is 27.3 Å². The van der Waals surface area contributed by atoms with Crippen molar-refractivity contribution >= 4 is 59.8 Å². The summed E-state index contributed by atoms with van der Waals surface area (Å²) < 4.78 is 9.54. The van der Waals surface area contributed by atoms with E-state index in [0.717, 1.165) is 69.9 Å². The van der Waals surface area contributed by atoms with Crippen LogP contribution in [-0.4, -0.2) is 113 Å². The molecule has 17 heteroatoms. The van der Waals surface area contributed by atoms with Crippen LogP contribution in [0.25, 0.3) is 44.2 Å². The lowest BCUT2D eigenvalue weighted by atomic mass is 9.99. The Morgan fingerprint density at radius 1 is 0.723 bits per heavy atom. The summed E-state index contributed by atoms with van der Waals surface area (Å²) in [4.78, 5) is 86.2. The van der Waals surface area contributed by atoms with Crippen molar-refractivity contribution in [3.63, 3.8) is 0 Å². The normalized spacial score (nSPS) is 18.0. The van der Waals surface area contributed by atoms with E-state index in [1.54, 1.807) is 11.1 Å². The van der Waals surface area contributed by atoms with E-state index in [9.17, 15) is 24.0 Å². The van der Waals surface area contributed by atoms with Crippen molar-refractivity contribution in [2.45, 2.75) is 109 Å². The van der Waals surface area contributed by atoms with Gasteiger partial charge in [0.25, 0.3) is 0 Å². The van der Waals surface area contributed by atoms with Gasteiger partial charge in [-0.05, 0) is 77.8 Å². The average molecular weight is 906 g/mol. The van der Waals surface area contributed by atoms with E-state index >= 15 is 0 Å². The largest absolute Gasteiger partial charge is 0.453 e. The molecule has 5 amide bonds. The molecule has 4 heterocycles. The van der Waals surface area contributed by atoms with Crippen LogP contribution in [0.2, 0.25) is 25.7 Å². The van der Waals surface area contributed by atoms with Crippen LogP contribution in [0.3, 0.4) is 0 Å². The SMILES string of the molecule is COC(=O)NC(C(=O)NC(C[Si](C)(C)C)C(=O)N1CCC[C@H]1c1nc2c(ccc3cc(-c4ccc(-c5cnc(C6CCCN6C(=O)[C@@H](NC(=O)OC)C(C)C)[nH]5)cc4)ccc32)[nH]1)C(C)C. The number of carbonyl (C=O) groups excluding carboxylic acids is 5. The third-order valence-electron chi connectivity index (χ3n) is 12.5. The summed E-state index contributed by atoms with van der Waals surface area (Å²) >= 11 is 0. The van der Waals surface area contributed by atoms with Crippen LogP contribution in [0.5, 0.6) is 0 Å². The highest BCUT2D eigenvalue weighted by Crippen LogP contribution is 2.37. The lowest BCUT2D eigenvalue weighted by molar-refractivity contribution is -0.137. The van der Waals surface area contributed by atoms with Crippen molar-refractivity contribution < 1.29 is 33.4 Å². The third kappa shape index (κ3) is 10.3. The van der Waals surface area contributed by atoms with Crippen molar-refractivity contribution in [1.82, 2.24) is 45.7 Å². The first-order valence-electron chi connectivity index (χ1n) is 22.6. The lowest BCUT2D eigenvalue weighted by Gasteiger charge is -2.32. The summed E-state index contributed by atoms with van der Waals surface area (Å²) in [6, 6.07) is 16.5. The van der Waals surface area contributed by atoms with Gasteiger partial charge in [0, 0.05) is 26.5 Å². The minimum Gasteiger partial charge on any atom is -0.453 e. The molecule has 0 aliphatic carbocycles. The highest BCUT2D eigenvalue weighted by molar-refractivity contribution is 6.76. The molecule has 5 aromatic rings. The Bertz CT molecular complexity index is 2550. The van der Waals surface area contributed by atoms with E-state index in [1.165, 1.54) is 14.2 Å². The van der Waals surface area contributed by atoms with Crippen LogP contribution in [0.1, 0.15) is 77.1 Å². The molecule has 7 rings (SSSR count). The van der Waals surface area contributed by atoms with Gasteiger partial charge in [-0.25, -0.2) is 19.6 Å². The standard InChI is InChI=1S/C48H63N9O7Si/c1-27(2)39(54-47(61)63-5)44(58)52-36(26-65(7,8)9)45(59)56-22-11-13-38(56)43-50-34-21-19-32-24-31(18-20-33(32)41(34)53-43)29-14-16-30(17-15-29)35-25-49-42(51-35)37-12-10-23-57(37)46(60)40(28(3)4)55-48(62)64-6/h14-21,24-25,27-28,36-40H,10-13,22-23,26H2,1-9H3,(H,49,51)(H,50,53)(H,52,58)(H,54,61)(H,55,62)/t36?,37?,38-,39?,40-/m0/s1. The molecule has 5 atom stereocenters. The number of nitrogens with one attached hydrogen (secondary N) is 5. The van der Waals surface area contributed by atoms with Crippen LogP contribution in [0, 0.1) is 11.8 Å². The van der Waals surface area contributed by atoms with Crippen molar-refractivity contribution in [1.29, 1.82) is 0 Å². The van der Waals surface area contributed by atoms with E-state index in [2.05, 4.69) is 94.1 Å². The van der Waals surface area contributed by atoms with E-state index < -0.39 is 44.3 Å². The Labute approximate surface area is 381 Å². The molecule has 346 valence electrons. The molecule has 0 saturated carbocycles. The molecular formula is C48H63N9O7Si. The summed E-state index contributed by atoms with van der Waals surface area (Å²) in [6.07, 6.45) is 3.63. The second-order valence-electron chi connectivity index (χ2n) is 19.2. The van der Waals surface area contributed by atoms with Gasteiger partial charge in [0.2, 0.25) is 17.7 Å². The van der Waals surface area contributed by atoms with Crippen molar-refractivity contribution in [2.24, 2.45) is 11.8 Å². The van der Waals surface area contributed by atoms with Crippen LogP contribution in [0.4, 0.5) is 9.59 Å². The van der Waals surface area contributed by atoms with Gasteiger partial charge in [-0.15, -0.1) is 0 Å². The second-order valence-corrected chi connectivity index (χ2v) is 24.7. The molecular weight excluding hydrogens is 843 g/mol. The summed E-state index contributed by atoms with van der Waals surface area (Å²) in [5, 5.41) is 10.4. The zero-order chi connectivity index (χ0) is 46.7. The molecule has 5 N–H and O–H groups in total. The number of ether oxygens (including phenoxy) is 2. The van der Waals surface area contributed by atoms with Crippen LogP contribution in [-0.2, 0) is 23.9 Å². The smallest absolute Gasteiger partial charge is 0.407 e. The second kappa shape index (κ2) is 19.5. The molecule has 2 fully saturated rings. The number of carbonyl (C=O) groups is 5. The number of H-pyrrole nitrogens is 2. The molecule has 65 heavy (non-hydrogen) atoms. The average Bonchev–Trinajstić information content (AvgIpc) is 4.12. The number of hydrogen-bond acceptors (Lipinski definition) is 9. The number of hydrogen-bond donors (Lipinski definition) is 5. The molecule has 16 nitrogen and oxygen atoms in total. The van der Waals surface area contributed by atoms with Gasteiger partial charge in [0.15, 0.2) is 0 Å². The Hall–Kier alpha value is -6.23. The Kier molecular flexibility index (Phi) is 14.0. The van der Waals surface area contributed by atoms with Gasteiger partial charge in [-0.3, -0.25) is 14.4 Å².